The van der Waals surface area contributed by atoms with E-state index in [1.165, 1.54) is 12.1 Å². The van der Waals surface area contributed by atoms with Crippen LogP contribution < -0.4 is 5.73 Å². The summed E-state index contributed by atoms with van der Waals surface area (Å²) in [5, 5.41) is 0. The summed E-state index contributed by atoms with van der Waals surface area (Å²) in [6.45, 7) is 1.54. The average molecular weight is 332 g/mol. The highest BCUT2D eigenvalue weighted by Gasteiger charge is 2.15. The molecule has 2 rings (SSSR count). The lowest BCUT2D eigenvalue weighted by Crippen LogP contribution is -2.32. The molecular formula is C19H22F2N2O. The summed E-state index contributed by atoms with van der Waals surface area (Å²) in [5.41, 5.74) is 6.79. The molecule has 0 heterocycles. The number of carbonyl (C=O) groups is 1. The van der Waals surface area contributed by atoms with Crippen LogP contribution in [0.3, 0.4) is 0 Å². The maximum Gasteiger partial charge on any atom is 0.223 e. The van der Waals surface area contributed by atoms with Gasteiger partial charge in [-0.15, -0.1) is 0 Å². The SMILES string of the molecule is NCCCN(Cc1ccccc1)C(=O)CCc1cccc(F)c1F. The zero-order valence-electron chi connectivity index (χ0n) is 13.6. The summed E-state index contributed by atoms with van der Waals surface area (Å²) in [6, 6.07) is 13.7. The highest BCUT2D eigenvalue weighted by molar-refractivity contribution is 5.76. The summed E-state index contributed by atoms with van der Waals surface area (Å²) >= 11 is 0. The number of nitrogens with zero attached hydrogens (tertiary/aromatic N) is 1. The molecule has 0 atom stereocenters. The van der Waals surface area contributed by atoms with Crippen molar-refractivity contribution in [2.45, 2.75) is 25.8 Å². The van der Waals surface area contributed by atoms with E-state index in [1.54, 1.807) is 4.90 Å². The van der Waals surface area contributed by atoms with Crippen molar-refractivity contribution in [3.8, 4) is 0 Å². The summed E-state index contributed by atoms with van der Waals surface area (Å²) < 4.78 is 26.9. The molecule has 2 aromatic rings. The molecule has 0 unspecified atom stereocenters. The molecule has 0 spiro atoms. The Morgan fingerprint density at radius 2 is 1.79 bits per heavy atom. The number of carbonyl (C=O) groups excluding carboxylic acids is 1. The fourth-order valence-electron chi connectivity index (χ4n) is 2.52. The first-order valence-electron chi connectivity index (χ1n) is 8.06. The summed E-state index contributed by atoms with van der Waals surface area (Å²) in [5.74, 6) is -1.85. The number of nitrogens with two attached hydrogens (primary N) is 1. The number of halogens is 2. The molecule has 5 heteroatoms. The van der Waals surface area contributed by atoms with Gasteiger partial charge >= 0.3 is 0 Å². The van der Waals surface area contributed by atoms with Gasteiger partial charge in [0.2, 0.25) is 5.91 Å². The van der Waals surface area contributed by atoms with Crippen molar-refractivity contribution in [3.63, 3.8) is 0 Å². The molecule has 0 bridgehead atoms. The van der Waals surface area contributed by atoms with Crippen LogP contribution >= 0.6 is 0 Å². The van der Waals surface area contributed by atoms with Gasteiger partial charge in [-0.2, -0.15) is 0 Å². The van der Waals surface area contributed by atoms with E-state index in [0.29, 0.717) is 26.1 Å². The predicted molar refractivity (Wildman–Crippen MR) is 90.2 cm³/mol. The first-order valence-corrected chi connectivity index (χ1v) is 8.06. The summed E-state index contributed by atoms with van der Waals surface area (Å²) in [7, 11) is 0. The molecule has 2 aromatic carbocycles. The van der Waals surface area contributed by atoms with Crippen molar-refractivity contribution in [1.82, 2.24) is 4.90 Å². The van der Waals surface area contributed by atoms with E-state index < -0.39 is 11.6 Å². The van der Waals surface area contributed by atoms with Gasteiger partial charge in [-0.3, -0.25) is 4.79 Å². The van der Waals surface area contributed by atoms with Crippen LogP contribution in [0.15, 0.2) is 48.5 Å². The highest BCUT2D eigenvalue weighted by Crippen LogP contribution is 2.15. The number of hydrogen-bond acceptors (Lipinski definition) is 2. The molecule has 0 saturated carbocycles. The van der Waals surface area contributed by atoms with E-state index in [0.717, 1.165) is 11.6 Å². The maximum absolute atomic E-state index is 13.7. The van der Waals surface area contributed by atoms with Crippen LogP contribution in [-0.4, -0.2) is 23.9 Å². The maximum atomic E-state index is 13.7. The summed E-state index contributed by atoms with van der Waals surface area (Å²) in [4.78, 5) is 14.2. The Labute approximate surface area is 141 Å². The molecular weight excluding hydrogens is 310 g/mol. The van der Waals surface area contributed by atoms with Gasteiger partial charge in [0.05, 0.1) is 0 Å². The molecule has 0 aromatic heterocycles. The molecule has 128 valence electrons. The Hall–Kier alpha value is -2.27. The molecule has 0 radical (unpaired) electrons. The van der Waals surface area contributed by atoms with Crippen molar-refractivity contribution in [2.24, 2.45) is 5.73 Å². The van der Waals surface area contributed by atoms with Crippen LogP contribution in [0.4, 0.5) is 8.78 Å². The Morgan fingerprint density at radius 1 is 1.04 bits per heavy atom. The quantitative estimate of drug-likeness (QED) is 0.806. The van der Waals surface area contributed by atoms with Crippen LogP contribution in [0, 0.1) is 11.6 Å². The van der Waals surface area contributed by atoms with Crippen LogP contribution in [0.2, 0.25) is 0 Å². The topological polar surface area (TPSA) is 46.3 Å². The lowest BCUT2D eigenvalue weighted by molar-refractivity contribution is -0.131. The van der Waals surface area contributed by atoms with E-state index in [-0.39, 0.29) is 24.3 Å². The first-order chi connectivity index (χ1) is 11.6. The predicted octanol–water partition coefficient (Wildman–Crippen LogP) is 3.28. The van der Waals surface area contributed by atoms with Crippen LogP contribution in [0.5, 0.6) is 0 Å². The molecule has 0 aliphatic carbocycles. The molecule has 2 N–H and O–H groups in total. The number of aryl methyl sites for hydroxylation is 1. The van der Waals surface area contributed by atoms with Crippen LogP contribution in [0.1, 0.15) is 24.0 Å². The monoisotopic (exact) mass is 332 g/mol. The Bertz CT molecular complexity index is 662. The number of amides is 1. The number of benzene rings is 2. The third-order valence-electron chi connectivity index (χ3n) is 3.84. The van der Waals surface area contributed by atoms with Crippen molar-refractivity contribution < 1.29 is 13.6 Å². The normalized spacial score (nSPS) is 10.6. The van der Waals surface area contributed by atoms with Crippen molar-refractivity contribution in [2.75, 3.05) is 13.1 Å². The standard InChI is InChI=1S/C19H22F2N2O/c20-17-9-4-8-16(19(17)21)10-11-18(24)23(13-5-12-22)14-15-6-2-1-3-7-15/h1-4,6-9H,5,10-14,22H2. The van der Waals surface area contributed by atoms with Gasteiger partial charge in [0.15, 0.2) is 11.6 Å². The van der Waals surface area contributed by atoms with E-state index >= 15 is 0 Å². The van der Waals surface area contributed by atoms with Gasteiger partial charge in [0, 0.05) is 19.5 Å². The molecule has 0 aliphatic rings. The summed E-state index contributed by atoms with van der Waals surface area (Å²) in [6.07, 6.45) is 1.01. The van der Waals surface area contributed by atoms with Crippen molar-refractivity contribution >= 4 is 5.91 Å². The van der Waals surface area contributed by atoms with Gasteiger partial charge in [-0.05, 0) is 36.6 Å². The minimum atomic E-state index is -0.885. The highest BCUT2D eigenvalue weighted by atomic mass is 19.2. The van der Waals surface area contributed by atoms with E-state index in [4.69, 9.17) is 5.73 Å². The first kappa shape index (κ1) is 18.1. The van der Waals surface area contributed by atoms with E-state index in [9.17, 15) is 13.6 Å². The van der Waals surface area contributed by atoms with Gasteiger partial charge in [-0.1, -0.05) is 42.5 Å². The van der Waals surface area contributed by atoms with Gasteiger partial charge in [0.1, 0.15) is 0 Å². The lowest BCUT2D eigenvalue weighted by atomic mass is 10.1. The number of rotatable bonds is 8. The smallest absolute Gasteiger partial charge is 0.223 e. The van der Waals surface area contributed by atoms with Crippen LogP contribution in [-0.2, 0) is 17.8 Å². The zero-order chi connectivity index (χ0) is 17.4. The van der Waals surface area contributed by atoms with Crippen LogP contribution in [0.25, 0.3) is 0 Å². The van der Waals surface area contributed by atoms with Crippen molar-refractivity contribution in [1.29, 1.82) is 0 Å². The van der Waals surface area contributed by atoms with E-state index in [1.807, 2.05) is 30.3 Å². The van der Waals surface area contributed by atoms with E-state index in [2.05, 4.69) is 0 Å². The third-order valence-corrected chi connectivity index (χ3v) is 3.84. The average Bonchev–Trinajstić information content (AvgIpc) is 2.60. The Morgan fingerprint density at radius 3 is 2.50 bits per heavy atom. The van der Waals surface area contributed by atoms with Gasteiger partial charge in [0.25, 0.3) is 0 Å². The molecule has 0 saturated heterocycles. The fourth-order valence-corrected chi connectivity index (χ4v) is 2.52. The molecule has 0 aliphatic heterocycles. The minimum Gasteiger partial charge on any atom is -0.338 e. The molecule has 0 fully saturated rings. The van der Waals surface area contributed by atoms with Gasteiger partial charge in [-0.25, -0.2) is 8.78 Å². The second kappa shape index (κ2) is 9.13. The second-order valence-electron chi connectivity index (χ2n) is 5.66. The minimum absolute atomic E-state index is 0.0871. The largest absolute Gasteiger partial charge is 0.338 e. The lowest BCUT2D eigenvalue weighted by Gasteiger charge is -2.23. The number of hydrogen-bond donors (Lipinski definition) is 1. The second-order valence-corrected chi connectivity index (χ2v) is 5.66. The zero-order valence-corrected chi connectivity index (χ0v) is 13.6. The van der Waals surface area contributed by atoms with Crippen molar-refractivity contribution in [3.05, 3.63) is 71.3 Å². The Balaban J connectivity index is 2.00. The fraction of sp³-hybridized carbons (Fsp3) is 0.316. The molecule has 24 heavy (non-hydrogen) atoms. The van der Waals surface area contributed by atoms with Gasteiger partial charge < -0.3 is 10.6 Å². The third kappa shape index (κ3) is 5.13. The Kier molecular flexibility index (Phi) is 6.88. The molecule has 1 amide bonds. The molecule has 3 nitrogen and oxygen atoms in total.